The largest absolute Gasteiger partial charge is 0.472 e. The van der Waals surface area contributed by atoms with E-state index < -0.39 is 76.6 Å². The van der Waals surface area contributed by atoms with Crippen molar-refractivity contribution in [1.82, 2.24) is 0 Å². The molecular weight excluding hydrogens is 464 g/mol. The molecule has 11 nitrogen and oxygen atoms in total. The molecule has 190 valence electrons. The topological polar surface area (TPSA) is 162 Å². The summed E-state index contributed by atoms with van der Waals surface area (Å²) in [5.74, 6) is -2.84. The van der Waals surface area contributed by atoms with Crippen molar-refractivity contribution in [3.63, 3.8) is 0 Å². The van der Waals surface area contributed by atoms with E-state index in [1.165, 1.54) is 26.4 Å². The van der Waals surface area contributed by atoms with E-state index in [-0.39, 0.29) is 25.9 Å². The molecule has 2 N–H and O–H groups in total. The van der Waals surface area contributed by atoms with Gasteiger partial charge in [0, 0.05) is 32.3 Å². The first-order valence-corrected chi connectivity index (χ1v) is 11.5. The minimum absolute atomic E-state index is 0.0483. The lowest BCUT2D eigenvalue weighted by molar-refractivity contribution is -0.292. The van der Waals surface area contributed by atoms with E-state index in [2.05, 4.69) is 0 Å². The fraction of sp³-hybridized carbons (Fsp3) is 0.667. The van der Waals surface area contributed by atoms with Crippen LogP contribution >= 0.6 is 0 Å². The Bertz CT molecular complexity index is 1090. The number of esters is 3. The zero-order valence-corrected chi connectivity index (χ0v) is 19.7. The van der Waals surface area contributed by atoms with Gasteiger partial charge in [0.1, 0.15) is 40.8 Å². The summed E-state index contributed by atoms with van der Waals surface area (Å²) in [6.45, 7) is 3.01. The monoisotopic (exact) mass is 492 g/mol. The second-order valence-corrected chi connectivity index (χ2v) is 10.3. The lowest BCUT2D eigenvalue weighted by Crippen LogP contribution is -2.83. The Kier molecular flexibility index (Phi) is 5.05. The molecule has 0 aromatic carbocycles. The fourth-order valence-electron chi connectivity index (χ4n) is 6.97. The van der Waals surface area contributed by atoms with Gasteiger partial charge in [-0.25, -0.2) is 0 Å². The van der Waals surface area contributed by atoms with Gasteiger partial charge in [-0.05, 0) is 25.8 Å². The number of aliphatic hydroxyl groups is 2. The third-order valence-corrected chi connectivity index (χ3v) is 8.58. The second kappa shape index (κ2) is 7.37. The number of carbonyl (C=O) groups excluding carboxylic acids is 4. The number of ether oxygens (including phenoxy) is 4. The number of fused-ring (bicyclic) bond motifs is 3. The van der Waals surface area contributed by atoms with E-state index in [1.54, 1.807) is 6.07 Å². The van der Waals surface area contributed by atoms with Crippen LogP contribution in [-0.4, -0.2) is 70.0 Å². The summed E-state index contributed by atoms with van der Waals surface area (Å²) in [6, 6.07) is 1.61. The first-order valence-electron chi connectivity index (χ1n) is 11.5. The van der Waals surface area contributed by atoms with Crippen LogP contribution in [0.5, 0.6) is 0 Å². The van der Waals surface area contributed by atoms with Crippen LogP contribution in [-0.2, 0) is 38.1 Å². The van der Waals surface area contributed by atoms with Gasteiger partial charge in [-0.1, -0.05) is 0 Å². The number of epoxide rings is 1. The predicted molar refractivity (Wildman–Crippen MR) is 112 cm³/mol. The van der Waals surface area contributed by atoms with Crippen molar-refractivity contribution in [3.8, 4) is 0 Å². The molecule has 0 amide bonds. The molecule has 2 spiro atoms. The summed E-state index contributed by atoms with van der Waals surface area (Å²) in [5.41, 5.74) is -9.22. The molecule has 5 rings (SSSR count). The van der Waals surface area contributed by atoms with Crippen LogP contribution in [0.3, 0.4) is 0 Å². The lowest BCUT2D eigenvalue weighted by atomic mass is 9.39. The van der Waals surface area contributed by atoms with Gasteiger partial charge in [0.2, 0.25) is 0 Å². The average Bonchev–Trinajstić information content (AvgIpc) is 3.19. The highest BCUT2D eigenvalue weighted by atomic mass is 16.6. The van der Waals surface area contributed by atoms with E-state index in [0.717, 1.165) is 6.92 Å². The quantitative estimate of drug-likeness (QED) is 0.346. The van der Waals surface area contributed by atoms with Crippen LogP contribution in [0.2, 0.25) is 0 Å². The van der Waals surface area contributed by atoms with Gasteiger partial charge < -0.3 is 33.6 Å². The molecule has 11 heteroatoms. The molecule has 0 radical (unpaired) electrons. The Morgan fingerprint density at radius 1 is 1.20 bits per heavy atom. The van der Waals surface area contributed by atoms with Gasteiger partial charge in [-0.15, -0.1) is 0 Å². The molecule has 2 saturated heterocycles. The van der Waals surface area contributed by atoms with E-state index >= 15 is 0 Å². The number of carbonyl (C=O) groups is 4. The highest BCUT2D eigenvalue weighted by Crippen LogP contribution is 2.72. The molecular formula is C24H28O11. The van der Waals surface area contributed by atoms with Crippen LogP contribution in [0.4, 0.5) is 0 Å². The first-order chi connectivity index (χ1) is 16.4. The zero-order chi connectivity index (χ0) is 25.4. The lowest BCUT2D eigenvalue weighted by Gasteiger charge is -2.65. The van der Waals surface area contributed by atoms with Crippen molar-refractivity contribution in [2.75, 3.05) is 13.2 Å². The summed E-state index contributed by atoms with van der Waals surface area (Å²) < 4.78 is 27.4. The SMILES string of the molecule is CC(=O)OC[C@@]12C(=O)C[C@](C)(O)[C@]3(C[C@@H](c4ccoc4)OC3=O)[C@@]1(O)CC[C@H](OC(C)=O)[C@]21CO1. The molecule has 7 atom stereocenters. The molecule has 0 bridgehead atoms. The second-order valence-electron chi connectivity index (χ2n) is 10.3. The Hall–Kier alpha value is -2.76. The summed E-state index contributed by atoms with van der Waals surface area (Å²) in [7, 11) is 0. The molecule has 2 aliphatic heterocycles. The molecule has 0 unspecified atom stereocenters. The molecule has 4 aliphatic rings. The van der Waals surface area contributed by atoms with Gasteiger partial charge >= 0.3 is 17.9 Å². The number of cyclic esters (lactones) is 1. The number of hydrogen-bond donors (Lipinski definition) is 2. The number of rotatable bonds is 4. The van der Waals surface area contributed by atoms with Crippen LogP contribution in [0.15, 0.2) is 23.0 Å². The number of ketones is 1. The standard InChI is InChI=1S/C24H28O11/c1-13(25)32-11-22-17(27)9-20(3,29)21(8-16(35-19(21)28)15-5-7-31-10-15)24(22,30)6-4-18(34-14(2)26)23(22)12-33-23/h5,7,10,16,18,29-30H,4,6,8-9,11-12H2,1-3H3/t16-,18-,20-,21+,22-,23+,24-/m0/s1. The Morgan fingerprint density at radius 2 is 1.91 bits per heavy atom. The van der Waals surface area contributed by atoms with E-state index in [4.69, 9.17) is 23.4 Å². The highest BCUT2D eigenvalue weighted by molar-refractivity contribution is 5.96. The third kappa shape index (κ3) is 2.82. The van der Waals surface area contributed by atoms with Gasteiger partial charge in [-0.2, -0.15) is 0 Å². The van der Waals surface area contributed by atoms with Crippen LogP contribution in [0, 0.1) is 10.8 Å². The Morgan fingerprint density at radius 3 is 2.49 bits per heavy atom. The molecule has 1 aromatic heterocycles. The van der Waals surface area contributed by atoms with Crippen LogP contribution in [0.1, 0.15) is 58.1 Å². The van der Waals surface area contributed by atoms with E-state index in [9.17, 15) is 29.4 Å². The van der Waals surface area contributed by atoms with Crippen molar-refractivity contribution in [3.05, 3.63) is 24.2 Å². The summed E-state index contributed by atoms with van der Waals surface area (Å²) in [4.78, 5) is 51.4. The number of furan rings is 1. The normalized spacial score (nSPS) is 44.1. The minimum atomic E-state index is -2.25. The third-order valence-electron chi connectivity index (χ3n) is 8.58. The predicted octanol–water partition coefficient (Wildman–Crippen LogP) is 0.753. The van der Waals surface area contributed by atoms with E-state index in [0.29, 0.717) is 5.56 Å². The van der Waals surface area contributed by atoms with Crippen molar-refractivity contribution in [2.24, 2.45) is 10.8 Å². The number of hydrogen-bond acceptors (Lipinski definition) is 11. The smallest absolute Gasteiger partial charge is 0.318 e. The molecule has 3 heterocycles. The van der Waals surface area contributed by atoms with Gasteiger partial charge in [0.05, 0.1) is 24.7 Å². The molecule has 2 aliphatic carbocycles. The van der Waals surface area contributed by atoms with Crippen LogP contribution < -0.4 is 0 Å². The number of Topliss-reactive ketones (excluding diaryl/α,β-unsaturated/α-hetero) is 1. The van der Waals surface area contributed by atoms with E-state index in [1.807, 2.05) is 0 Å². The Balaban J connectivity index is 1.71. The Labute approximate surface area is 200 Å². The van der Waals surface area contributed by atoms with Crippen molar-refractivity contribution in [2.45, 2.75) is 75.5 Å². The first kappa shape index (κ1) is 24.0. The molecule has 35 heavy (non-hydrogen) atoms. The van der Waals surface area contributed by atoms with Crippen molar-refractivity contribution < 1.29 is 52.8 Å². The minimum Gasteiger partial charge on any atom is -0.472 e. The van der Waals surface area contributed by atoms with Crippen molar-refractivity contribution in [1.29, 1.82) is 0 Å². The molecule has 4 fully saturated rings. The maximum absolute atomic E-state index is 13.9. The summed E-state index contributed by atoms with van der Waals surface area (Å²) in [5, 5.41) is 24.2. The van der Waals surface area contributed by atoms with Crippen molar-refractivity contribution >= 4 is 23.7 Å². The van der Waals surface area contributed by atoms with Crippen LogP contribution in [0.25, 0.3) is 0 Å². The fourth-order valence-corrected chi connectivity index (χ4v) is 6.97. The average molecular weight is 492 g/mol. The molecule has 1 aromatic rings. The molecule has 2 saturated carbocycles. The van der Waals surface area contributed by atoms with Gasteiger partial charge in [0.15, 0.2) is 5.78 Å². The maximum Gasteiger partial charge on any atom is 0.318 e. The summed E-state index contributed by atoms with van der Waals surface area (Å²) >= 11 is 0. The maximum atomic E-state index is 13.9. The van der Waals surface area contributed by atoms with Gasteiger partial charge in [-0.3, -0.25) is 19.2 Å². The van der Waals surface area contributed by atoms with Gasteiger partial charge in [0.25, 0.3) is 0 Å². The summed E-state index contributed by atoms with van der Waals surface area (Å²) in [6.07, 6.45) is 0.173. The zero-order valence-electron chi connectivity index (χ0n) is 19.7. The highest BCUT2D eigenvalue weighted by Gasteiger charge is 2.89.